The number of hydrogen-bond donors (Lipinski definition) is 8. The summed E-state index contributed by atoms with van der Waals surface area (Å²) in [6.07, 6.45) is 10.0. The zero-order valence-corrected chi connectivity index (χ0v) is 62.0. The molecule has 0 radical (unpaired) electrons. The summed E-state index contributed by atoms with van der Waals surface area (Å²) in [5, 5.41) is 11.7. The van der Waals surface area contributed by atoms with E-state index in [-0.39, 0.29) is 59.8 Å². The highest BCUT2D eigenvalue weighted by atomic mass is 19.4. The van der Waals surface area contributed by atoms with Crippen LogP contribution in [0.2, 0.25) is 0 Å². The Hall–Kier alpha value is -14.1. The SMILES string of the molecule is Cc1cnc(-c2ccc(C3CNC(=O)N3c3ccc4c(c3)N=CC4)cc2)[nH]1.O=C1NCC(c2ccc(-c3cnc(C(F)(F)F)[nH]3)cc2)N1c1ccc2c(c1)N=CC2.O=C1NCC(c2ccc(-c3ncc(C(F)(F)F)[nH]3)cc2)N1c1ccc2c(c1)N=CC2.O=C1NCC(c2ccc(-c3ncc(C4CC4)[nH]3)cc2)N1c1ccc2c(c1)N=CC2. The summed E-state index contributed by atoms with van der Waals surface area (Å²) in [6.45, 7) is 4.01. The predicted octanol–water partition coefficient (Wildman–Crippen LogP) is 17.6. The number of imidazole rings is 4. The number of halogens is 6. The Bertz CT molecular complexity index is 5740. The van der Waals surface area contributed by atoms with Crippen molar-refractivity contribution in [2.75, 3.05) is 45.8 Å². The molecule has 8 amide bonds. The molecule has 0 spiro atoms. The molecule has 12 heterocycles. The molecule has 4 saturated heterocycles. The van der Waals surface area contributed by atoms with Crippen molar-refractivity contribution in [1.82, 2.24) is 61.1 Å². The molecule has 0 bridgehead atoms. The number of aliphatic imine (C=N–C) groups is 4. The Morgan fingerprint density at radius 2 is 0.690 bits per heavy atom. The Morgan fingerprint density at radius 1 is 0.353 bits per heavy atom. The van der Waals surface area contributed by atoms with Crippen molar-refractivity contribution in [3.05, 3.63) is 262 Å². The van der Waals surface area contributed by atoms with Gasteiger partial charge in [-0.3, -0.25) is 39.6 Å². The molecule has 1 aliphatic carbocycles. The van der Waals surface area contributed by atoms with Crippen LogP contribution in [-0.4, -0.2) is 115 Å². The largest absolute Gasteiger partial charge is 0.449 e. The molecular formula is C86H72F6N20O4. The molecule has 8 aliphatic heterocycles. The van der Waals surface area contributed by atoms with Crippen LogP contribution in [0.5, 0.6) is 0 Å². The highest BCUT2D eigenvalue weighted by molar-refractivity contribution is 5.99. The normalized spacial score (nSPS) is 18.6. The molecular weight excluding hydrogens is 1490 g/mol. The third kappa shape index (κ3) is 14.8. The van der Waals surface area contributed by atoms with E-state index in [4.69, 9.17) is 0 Å². The number of benzene rings is 8. The fraction of sp³-hybridized carbons (Fsp3) is 0.209. The summed E-state index contributed by atoms with van der Waals surface area (Å²) in [5.41, 5.74) is 20.3. The number of amides is 8. The van der Waals surface area contributed by atoms with Crippen molar-refractivity contribution in [1.29, 1.82) is 0 Å². The maximum Gasteiger partial charge on any atom is 0.449 e. The molecule has 4 unspecified atom stereocenters. The molecule has 8 N–H and O–H groups in total. The van der Waals surface area contributed by atoms with Crippen molar-refractivity contribution in [3.63, 3.8) is 0 Å². The number of rotatable bonds is 13. The molecule has 4 atom stereocenters. The van der Waals surface area contributed by atoms with Crippen LogP contribution in [0, 0.1) is 6.92 Å². The average Bonchev–Trinajstić information content (AvgIpc) is 1.63. The van der Waals surface area contributed by atoms with Crippen LogP contribution in [0.3, 0.4) is 0 Å². The first-order chi connectivity index (χ1) is 56.2. The second kappa shape index (κ2) is 30.1. The van der Waals surface area contributed by atoms with E-state index in [0.717, 1.165) is 145 Å². The minimum Gasteiger partial charge on any atom is -0.342 e. The molecule has 116 heavy (non-hydrogen) atoms. The quantitative estimate of drug-likeness (QED) is 0.0512. The molecule has 24 nitrogen and oxygen atoms in total. The molecule has 582 valence electrons. The molecule has 30 heteroatoms. The van der Waals surface area contributed by atoms with E-state index >= 15 is 0 Å². The van der Waals surface area contributed by atoms with Gasteiger partial charge in [0.1, 0.15) is 23.2 Å². The predicted molar refractivity (Wildman–Crippen MR) is 430 cm³/mol. The molecule has 4 aromatic heterocycles. The van der Waals surface area contributed by atoms with Crippen LogP contribution >= 0.6 is 0 Å². The molecule has 12 aromatic rings. The van der Waals surface area contributed by atoms with Gasteiger partial charge in [-0.2, -0.15) is 26.3 Å². The highest BCUT2D eigenvalue weighted by Gasteiger charge is 2.40. The lowest BCUT2D eigenvalue weighted by molar-refractivity contribution is -0.144. The first-order valence-corrected chi connectivity index (χ1v) is 37.9. The first kappa shape index (κ1) is 73.4. The fourth-order valence-corrected chi connectivity index (χ4v) is 15.6. The average molecular weight is 1560 g/mol. The molecule has 8 aromatic carbocycles. The summed E-state index contributed by atoms with van der Waals surface area (Å²) in [4.78, 5) is 102. The number of H-pyrrole nitrogens is 4. The van der Waals surface area contributed by atoms with Crippen molar-refractivity contribution in [2.24, 2.45) is 20.0 Å². The monoisotopic (exact) mass is 1560 g/mol. The number of aromatic amines is 4. The van der Waals surface area contributed by atoms with Crippen molar-refractivity contribution in [2.45, 2.75) is 87.9 Å². The topological polar surface area (TPSA) is 294 Å². The van der Waals surface area contributed by atoms with Crippen molar-refractivity contribution in [3.8, 4) is 45.4 Å². The van der Waals surface area contributed by atoms with E-state index in [9.17, 15) is 45.5 Å². The first-order valence-electron chi connectivity index (χ1n) is 37.9. The van der Waals surface area contributed by atoms with Gasteiger partial charge in [-0.25, -0.2) is 39.1 Å². The number of carbonyl (C=O) groups is 4. The van der Waals surface area contributed by atoms with Gasteiger partial charge >= 0.3 is 36.5 Å². The van der Waals surface area contributed by atoms with Gasteiger partial charge in [0, 0.05) is 146 Å². The Morgan fingerprint density at radius 3 is 1.01 bits per heavy atom. The fourth-order valence-electron chi connectivity index (χ4n) is 15.6. The summed E-state index contributed by atoms with van der Waals surface area (Å²) in [6, 6.07) is 53.2. The molecule has 5 fully saturated rings. The number of nitrogens with zero attached hydrogens (tertiary/aromatic N) is 12. The maximum atomic E-state index is 12.8. The zero-order chi connectivity index (χ0) is 79.5. The van der Waals surface area contributed by atoms with Gasteiger partial charge in [0.2, 0.25) is 5.82 Å². The van der Waals surface area contributed by atoms with Crippen LogP contribution in [0.4, 0.5) is 91.0 Å². The minimum atomic E-state index is -4.52. The summed E-state index contributed by atoms with van der Waals surface area (Å²) < 4.78 is 76.6. The molecule has 9 aliphatic rings. The number of hydrogen-bond acceptors (Lipinski definition) is 12. The van der Waals surface area contributed by atoms with E-state index in [1.165, 1.54) is 29.7 Å². The van der Waals surface area contributed by atoms with E-state index in [2.05, 4.69) is 130 Å². The Labute approximate surface area is 659 Å². The van der Waals surface area contributed by atoms with Gasteiger partial charge in [-0.15, -0.1) is 0 Å². The molecule has 21 rings (SSSR count). The van der Waals surface area contributed by atoms with Crippen LogP contribution < -0.4 is 40.9 Å². The number of alkyl halides is 6. The summed E-state index contributed by atoms with van der Waals surface area (Å²) in [7, 11) is 0. The number of nitrogens with one attached hydrogen (secondary N) is 8. The number of urea groups is 4. The van der Waals surface area contributed by atoms with Gasteiger partial charge in [-0.05, 0) is 118 Å². The van der Waals surface area contributed by atoms with Gasteiger partial charge in [0.25, 0.3) is 0 Å². The van der Waals surface area contributed by atoms with Gasteiger partial charge in [-0.1, -0.05) is 121 Å². The molecule has 1 saturated carbocycles. The third-order valence-corrected chi connectivity index (χ3v) is 21.8. The van der Waals surface area contributed by atoms with Crippen LogP contribution in [0.1, 0.15) is 110 Å². The number of aryl methyl sites for hydroxylation is 1. The van der Waals surface area contributed by atoms with Crippen molar-refractivity contribution < 1.29 is 45.5 Å². The van der Waals surface area contributed by atoms with Crippen molar-refractivity contribution >= 4 is 94.5 Å². The van der Waals surface area contributed by atoms with Gasteiger partial charge in [0.05, 0.1) is 65.0 Å². The summed E-state index contributed by atoms with van der Waals surface area (Å²) in [5.74, 6) is 1.54. The number of anilines is 4. The second-order valence-corrected chi connectivity index (χ2v) is 29.3. The lowest BCUT2D eigenvalue weighted by Gasteiger charge is -2.24. The highest BCUT2D eigenvalue weighted by Crippen LogP contribution is 2.44. The van der Waals surface area contributed by atoms with E-state index < -0.39 is 23.9 Å². The zero-order valence-electron chi connectivity index (χ0n) is 62.0. The van der Waals surface area contributed by atoms with Gasteiger partial charge < -0.3 is 41.2 Å². The van der Waals surface area contributed by atoms with Crippen LogP contribution in [-0.2, 0) is 38.0 Å². The second-order valence-electron chi connectivity index (χ2n) is 29.3. The lowest BCUT2D eigenvalue weighted by Crippen LogP contribution is -2.29. The van der Waals surface area contributed by atoms with E-state index in [1.54, 1.807) is 46.2 Å². The van der Waals surface area contributed by atoms with Gasteiger partial charge in [0.15, 0.2) is 0 Å². The maximum absolute atomic E-state index is 12.8. The Balaban J connectivity index is 0.000000107. The Kier molecular flexibility index (Phi) is 19.1. The minimum absolute atomic E-state index is 0.0430. The number of aromatic nitrogens is 8. The number of carbonyl (C=O) groups excluding carboxylic acids is 4. The smallest absolute Gasteiger partial charge is 0.342 e. The number of fused-ring (bicyclic) bond motifs is 4. The third-order valence-electron chi connectivity index (χ3n) is 21.8. The van der Waals surface area contributed by atoms with Crippen LogP contribution in [0.15, 0.2) is 215 Å². The van der Waals surface area contributed by atoms with E-state index in [1.807, 2.05) is 139 Å². The van der Waals surface area contributed by atoms with Crippen LogP contribution in [0.25, 0.3) is 45.4 Å². The van der Waals surface area contributed by atoms with E-state index in [0.29, 0.717) is 43.2 Å². The summed E-state index contributed by atoms with van der Waals surface area (Å²) >= 11 is 0. The standard InChI is InChI=1S/C23H21N5O.2C21H16F3N5O.C21H19N5O/c29-23-26-13-21(28(23)18-8-7-15-9-10-24-19(15)11-18)16-3-5-17(6-4-16)22-25-12-20(27-22)14-1-2-14;22-21(23,24)18-11-26-19(28-18)14-3-1-13(2-4-14)17-10-27-20(30)29(17)15-6-5-12-7-8-25-16(12)9-15;22-21(23,24)19-26-10-17(28-19)12-1-3-14(4-2-12)18-11-27-20(30)29(18)15-6-5-13-7-8-25-16(13)9-15;1-13-11-23-20(25-13)16-4-2-15(3-5-16)19-12-24-21(27)26(19)17-7-6-14-8-9-22-18(14)10-17/h3-8,10-12,14,21H,1-2,9,13H2,(H,25,27)(H,26,29);1-6,8-9,11,17H,7,10H2,(H,26,28)(H,27,30);1-6,8-10,18H,7,11H2,(H,26,28)(H,27,30);2-7,9-11,19H,8,12H2,1H3,(H,23,25)(H,24,27). The lowest BCUT2D eigenvalue weighted by atomic mass is 10.0.